The van der Waals surface area contributed by atoms with E-state index >= 15 is 0 Å². The summed E-state index contributed by atoms with van der Waals surface area (Å²) in [5, 5.41) is 9.21. The van der Waals surface area contributed by atoms with Gasteiger partial charge in [0.05, 0.1) is 11.6 Å². The van der Waals surface area contributed by atoms with Gasteiger partial charge in [-0.1, -0.05) is 54.6 Å². The molecule has 2 aliphatic carbocycles. The van der Waals surface area contributed by atoms with Gasteiger partial charge in [-0.2, -0.15) is 18.4 Å². The predicted octanol–water partition coefficient (Wildman–Crippen LogP) is 7.09. The van der Waals surface area contributed by atoms with E-state index in [1.165, 1.54) is 0 Å². The molecule has 0 unspecified atom stereocenters. The van der Waals surface area contributed by atoms with E-state index < -0.39 is 30.3 Å². The van der Waals surface area contributed by atoms with Gasteiger partial charge in [0.25, 0.3) is 0 Å². The summed E-state index contributed by atoms with van der Waals surface area (Å²) in [5.74, 6) is 0.00302. The van der Waals surface area contributed by atoms with Crippen molar-refractivity contribution in [3.05, 3.63) is 95.1 Å². The van der Waals surface area contributed by atoms with E-state index in [-0.39, 0.29) is 25.2 Å². The van der Waals surface area contributed by atoms with E-state index in [4.69, 9.17) is 4.74 Å². The molecule has 0 bridgehead atoms. The maximum Gasteiger partial charge on any atom is 0.410 e. The Hall–Kier alpha value is -4.12. The lowest BCUT2D eigenvalue weighted by Crippen LogP contribution is -2.49. The summed E-state index contributed by atoms with van der Waals surface area (Å²) in [7, 11) is 0. The number of carbonyl (C=O) groups excluding carboxylic acids is 2. The molecule has 2 aliphatic rings. The van der Waals surface area contributed by atoms with Gasteiger partial charge in [-0.3, -0.25) is 9.69 Å². The van der Waals surface area contributed by atoms with Crippen LogP contribution in [-0.2, 0) is 17.8 Å². The number of ether oxygens (including phenoxy) is 1. The number of hydrogen-bond acceptors (Lipinski definition) is 4. The molecule has 0 aliphatic heterocycles. The molecule has 39 heavy (non-hydrogen) atoms. The Morgan fingerprint density at radius 1 is 1.00 bits per heavy atom. The van der Waals surface area contributed by atoms with Gasteiger partial charge in [-0.15, -0.1) is 0 Å². The molecule has 1 spiro atoms. The Morgan fingerprint density at radius 2 is 1.72 bits per heavy atom. The molecule has 0 aromatic heterocycles. The number of nitrogens with zero attached hydrogens (tertiary/aromatic N) is 2. The molecule has 0 atom stereocenters. The maximum atomic E-state index is 13.6. The quantitative estimate of drug-likeness (QED) is 0.352. The zero-order valence-electron chi connectivity index (χ0n) is 21.2. The number of fused-ring (bicyclic) bond motifs is 1. The van der Waals surface area contributed by atoms with Crippen LogP contribution in [0.25, 0.3) is 11.1 Å². The molecule has 0 saturated heterocycles. The largest absolute Gasteiger partial charge is 0.445 e. The van der Waals surface area contributed by atoms with Crippen LogP contribution in [0.5, 0.6) is 0 Å². The smallest absolute Gasteiger partial charge is 0.410 e. The fraction of sp³-hybridized carbons (Fsp3) is 0.323. The van der Waals surface area contributed by atoms with Gasteiger partial charge in [-0.25, -0.2) is 4.79 Å². The van der Waals surface area contributed by atoms with Crippen molar-refractivity contribution in [3.8, 4) is 17.2 Å². The number of Topliss-reactive ketones (excluding diaryl/α,β-unsaturated/α-hetero) is 1. The molecule has 0 radical (unpaired) electrons. The van der Waals surface area contributed by atoms with Crippen LogP contribution in [0.1, 0.15) is 52.7 Å². The minimum absolute atomic E-state index is 0.00302. The molecule has 0 N–H and O–H groups in total. The standard InChI is InChI=1S/C31H27F3N2O3/c32-31(33,34)20-36(29(38)39-19-21-5-2-1-3-6-21)26-11-13-30(14-12-26)17-25-10-9-24(16-27(25)28(30)37)23-8-4-7-22(15-23)18-35/h1-10,15-16,26H,11-14,17,19-20H2. The normalized spacial score (nSPS) is 20.4. The topological polar surface area (TPSA) is 70.4 Å². The summed E-state index contributed by atoms with van der Waals surface area (Å²) in [5.41, 5.74) is 3.77. The highest BCUT2D eigenvalue weighted by atomic mass is 19.4. The highest BCUT2D eigenvalue weighted by Crippen LogP contribution is 2.49. The van der Waals surface area contributed by atoms with E-state index in [0.29, 0.717) is 36.0 Å². The van der Waals surface area contributed by atoms with Crippen molar-refractivity contribution in [2.75, 3.05) is 6.54 Å². The second-order valence-electron chi connectivity index (χ2n) is 10.4. The summed E-state index contributed by atoms with van der Waals surface area (Å²) in [6.07, 6.45) is -3.68. The molecule has 3 aromatic rings. The third-order valence-electron chi connectivity index (χ3n) is 7.83. The minimum atomic E-state index is -4.57. The number of carbonyl (C=O) groups is 2. The zero-order valence-corrected chi connectivity index (χ0v) is 21.2. The lowest BCUT2D eigenvalue weighted by Gasteiger charge is -2.40. The van der Waals surface area contributed by atoms with Crippen LogP contribution < -0.4 is 0 Å². The van der Waals surface area contributed by atoms with Crippen LogP contribution in [0.3, 0.4) is 0 Å². The van der Waals surface area contributed by atoms with Crippen LogP contribution in [0.15, 0.2) is 72.8 Å². The van der Waals surface area contributed by atoms with Gasteiger partial charge >= 0.3 is 12.3 Å². The first-order valence-electron chi connectivity index (χ1n) is 12.9. The summed E-state index contributed by atoms with van der Waals surface area (Å²) >= 11 is 0. The lowest BCUT2D eigenvalue weighted by atomic mass is 9.69. The Balaban J connectivity index is 1.29. The van der Waals surface area contributed by atoms with Crippen LogP contribution in [0.4, 0.5) is 18.0 Å². The van der Waals surface area contributed by atoms with Crippen LogP contribution in [0.2, 0.25) is 0 Å². The first-order valence-corrected chi connectivity index (χ1v) is 12.9. The summed E-state index contributed by atoms with van der Waals surface area (Å²) in [4.78, 5) is 27.2. The predicted molar refractivity (Wildman–Crippen MR) is 139 cm³/mol. The number of rotatable bonds is 5. The molecule has 1 amide bonds. The zero-order chi connectivity index (χ0) is 27.6. The van der Waals surface area contributed by atoms with E-state index in [1.807, 2.05) is 24.3 Å². The highest BCUT2D eigenvalue weighted by molar-refractivity contribution is 6.06. The summed E-state index contributed by atoms with van der Waals surface area (Å²) < 4.78 is 45.5. The molecule has 3 aromatic carbocycles. The number of alkyl halides is 3. The molecule has 8 heteroatoms. The van der Waals surface area contributed by atoms with Gasteiger partial charge in [0.1, 0.15) is 13.2 Å². The summed E-state index contributed by atoms with van der Waals surface area (Å²) in [6, 6.07) is 23.1. The average molecular weight is 533 g/mol. The Kier molecular flexibility index (Phi) is 7.17. The molecule has 5 nitrogen and oxygen atoms in total. The van der Waals surface area contributed by atoms with Gasteiger partial charge in [0, 0.05) is 17.0 Å². The van der Waals surface area contributed by atoms with Crippen LogP contribution >= 0.6 is 0 Å². The van der Waals surface area contributed by atoms with Crippen LogP contribution in [-0.4, -0.2) is 35.5 Å². The van der Waals surface area contributed by atoms with E-state index in [9.17, 15) is 28.0 Å². The van der Waals surface area contributed by atoms with Crippen molar-refractivity contribution in [3.63, 3.8) is 0 Å². The maximum absolute atomic E-state index is 13.6. The van der Waals surface area contributed by atoms with Gasteiger partial charge < -0.3 is 4.74 Å². The first kappa shape index (κ1) is 26.5. The van der Waals surface area contributed by atoms with Crippen molar-refractivity contribution in [1.29, 1.82) is 5.26 Å². The van der Waals surface area contributed by atoms with Crippen molar-refractivity contribution in [2.24, 2.45) is 5.41 Å². The fourth-order valence-corrected chi connectivity index (χ4v) is 5.83. The fourth-order valence-electron chi connectivity index (χ4n) is 5.83. The molecular weight excluding hydrogens is 505 g/mol. The third-order valence-corrected chi connectivity index (χ3v) is 7.83. The Labute approximate surface area is 224 Å². The van der Waals surface area contributed by atoms with Crippen LogP contribution in [0, 0.1) is 16.7 Å². The van der Waals surface area contributed by atoms with Crippen molar-refractivity contribution in [1.82, 2.24) is 4.90 Å². The van der Waals surface area contributed by atoms with E-state index in [2.05, 4.69) is 6.07 Å². The number of nitriles is 1. The third kappa shape index (κ3) is 5.68. The second-order valence-corrected chi connectivity index (χ2v) is 10.4. The molecule has 200 valence electrons. The minimum Gasteiger partial charge on any atom is -0.445 e. The van der Waals surface area contributed by atoms with E-state index in [0.717, 1.165) is 21.6 Å². The van der Waals surface area contributed by atoms with Crippen molar-refractivity contribution >= 4 is 11.9 Å². The SMILES string of the molecule is N#Cc1cccc(-c2ccc3c(c2)C(=O)C2(CCC(N(CC(F)(F)F)C(=O)OCc4ccccc4)CC2)C3)c1. The van der Waals surface area contributed by atoms with Crippen molar-refractivity contribution < 1.29 is 27.5 Å². The number of hydrogen-bond donors (Lipinski definition) is 0. The Morgan fingerprint density at radius 3 is 2.41 bits per heavy atom. The molecule has 1 saturated carbocycles. The van der Waals surface area contributed by atoms with Gasteiger partial charge in [0.15, 0.2) is 5.78 Å². The number of benzene rings is 3. The average Bonchev–Trinajstić information content (AvgIpc) is 3.21. The summed E-state index contributed by atoms with van der Waals surface area (Å²) in [6.45, 7) is -1.50. The Bertz CT molecular complexity index is 1420. The van der Waals surface area contributed by atoms with Gasteiger partial charge in [-0.05, 0) is 72.6 Å². The van der Waals surface area contributed by atoms with Crippen molar-refractivity contribution in [2.45, 2.75) is 50.9 Å². The monoisotopic (exact) mass is 532 g/mol. The highest BCUT2D eigenvalue weighted by Gasteiger charge is 2.49. The number of amides is 1. The first-order chi connectivity index (χ1) is 18.7. The van der Waals surface area contributed by atoms with Gasteiger partial charge in [0.2, 0.25) is 0 Å². The lowest BCUT2D eigenvalue weighted by molar-refractivity contribution is -0.149. The van der Waals surface area contributed by atoms with E-state index in [1.54, 1.807) is 48.5 Å². The molecule has 5 rings (SSSR count). The molecule has 0 heterocycles. The number of ketones is 1. The molecule has 1 fully saturated rings. The molecular formula is C31H27F3N2O3. The number of halogens is 3. The second kappa shape index (κ2) is 10.6.